The first-order valence-electron chi connectivity index (χ1n) is 5.98. The van der Waals surface area contributed by atoms with Crippen LogP contribution in [0.2, 0.25) is 0 Å². The van der Waals surface area contributed by atoms with E-state index in [1.54, 1.807) is 27.7 Å². The molecule has 0 aliphatic carbocycles. The van der Waals surface area contributed by atoms with Gasteiger partial charge in [0.05, 0.1) is 16.7 Å². The van der Waals surface area contributed by atoms with Gasteiger partial charge < -0.3 is 9.31 Å². The van der Waals surface area contributed by atoms with Crippen molar-refractivity contribution in [2.24, 2.45) is 0 Å². The Bertz CT molecular complexity index is 490. The molecule has 0 bridgehead atoms. The Labute approximate surface area is 111 Å². The second-order valence-electron chi connectivity index (χ2n) is 5.60. The molecule has 1 heterocycles. The number of hydrogen-bond donors (Lipinski definition) is 0. The molecule has 0 unspecified atom stereocenters. The van der Waals surface area contributed by atoms with E-state index in [2.05, 4.69) is 0 Å². The van der Waals surface area contributed by atoms with Crippen molar-refractivity contribution in [2.75, 3.05) is 0 Å². The van der Waals surface area contributed by atoms with Gasteiger partial charge in [0.25, 0.3) is 0 Å². The van der Waals surface area contributed by atoms with Gasteiger partial charge in [-0.15, -0.1) is 0 Å². The van der Waals surface area contributed by atoms with Gasteiger partial charge in [-0.05, 0) is 39.8 Å². The van der Waals surface area contributed by atoms with Gasteiger partial charge >= 0.3 is 7.12 Å². The number of hydrogen-bond acceptors (Lipinski definition) is 3. The second kappa shape index (κ2) is 4.39. The summed E-state index contributed by atoms with van der Waals surface area (Å²) in [4.78, 5) is 10.6. The Hall–Kier alpha value is -1.27. The lowest BCUT2D eigenvalue weighted by Crippen LogP contribution is -2.41. The molecule has 19 heavy (non-hydrogen) atoms. The van der Waals surface area contributed by atoms with Crippen molar-refractivity contribution in [3.63, 3.8) is 0 Å². The van der Waals surface area contributed by atoms with Crippen LogP contribution in [0.25, 0.3) is 0 Å². The third-order valence-corrected chi connectivity index (χ3v) is 3.73. The van der Waals surface area contributed by atoms with Gasteiger partial charge in [0.1, 0.15) is 17.9 Å². The third-order valence-electron chi connectivity index (χ3n) is 3.73. The van der Waals surface area contributed by atoms with Crippen molar-refractivity contribution in [3.8, 4) is 0 Å². The lowest BCUT2D eigenvalue weighted by molar-refractivity contribution is 0.00578. The molecular weight excluding hydrogens is 253 g/mol. The largest absolute Gasteiger partial charge is 0.500 e. The van der Waals surface area contributed by atoms with Gasteiger partial charge in [-0.1, -0.05) is 0 Å². The van der Waals surface area contributed by atoms with E-state index in [9.17, 15) is 13.6 Å². The van der Waals surface area contributed by atoms with Crippen LogP contribution in [-0.2, 0) is 9.31 Å². The van der Waals surface area contributed by atoms with Crippen LogP contribution in [0, 0.1) is 11.6 Å². The van der Waals surface area contributed by atoms with E-state index in [1.807, 2.05) is 0 Å². The van der Waals surface area contributed by atoms with E-state index in [1.165, 1.54) is 0 Å². The van der Waals surface area contributed by atoms with Gasteiger partial charge in [-0.2, -0.15) is 0 Å². The molecule has 1 saturated heterocycles. The zero-order valence-electron chi connectivity index (χ0n) is 11.3. The fourth-order valence-corrected chi connectivity index (χ4v) is 1.86. The third kappa shape index (κ3) is 2.30. The van der Waals surface area contributed by atoms with Crippen LogP contribution >= 0.6 is 0 Å². The maximum atomic E-state index is 13.9. The number of rotatable bonds is 2. The van der Waals surface area contributed by atoms with Gasteiger partial charge in [0.2, 0.25) is 0 Å². The summed E-state index contributed by atoms with van der Waals surface area (Å²) in [7, 11) is -1.12. The molecule has 6 heteroatoms. The van der Waals surface area contributed by atoms with Gasteiger partial charge in [-0.25, -0.2) is 8.78 Å². The SMILES string of the molecule is CC1(C)OB(c2c(F)cc(C=O)cc2F)OC1(C)C. The summed E-state index contributed by atoms with van der Waals surface area (Å²) >= 11 is 0. The molecule has 0 spiro atoms. The Balaban J connectivity index is 2.43. The van der Waals surface area contributed by atoms with E-state index < -0.39 is 30.0 Å². The average Bonchev–Trinajstić information content (AvgIpc) is 2.46. The maximum absolute atomic E-state index is 13.9. The topological polar surface area (TPSA) is 35.5 Å². The predicted octanol–water partition coefficient (Wildman–Crippen LogP) is 2.08. The van der Waals surface area contributed by atoms with Crippen LogP contribution in [0.3, 0.4) is 0 Å². The minimum absolute atomic E-state index is 0.0599. The molecule has 1 aliphatic heterocycles. The van der Waals surface area contributed by atoms with Gasteiger partial charge in [-0.3, -0.25) is 4.79 Å². The molecule has 0 radical (unpaired) electrons. The molecule has 0 atom stereocenters. The number of carbonyl (C=O) groups excluding carboxylic acids is 1. The Kier molecular flexibility index (Phi) is 3.27. The summed E-state index contributed by atoms with van der Waals surface area (Å²) in [6.07, 6.45) is 0.389. The highest BCUT2D eigenvalue weighted by molar-refractivity contribution is 6.62. The summed E-state index contributed by atoms with van der Waals surface area (Å²) in [6, 6.07) is 1.94. The first kappa shape index (κ1) is 14.2. The molecule has 1 aromatic rings. The van der Waals surface area contributed by atoms with Crippen LogP contribution < -0.4 is 5.46 Å². The van der Waals surface area contributed by atoms with Gasteiger partial charge in [0, 0.05) is 5.56 Å². The monoisotopic (exact) mass is 268 g/mol. The highest BCUT2D eigenvalue weighted by Gasteiger charge is 2.53. The zero-order valence-corrected chi connectivity index (χ0v) is 11.3. The van der Waals surface area contributed by atoms with Crippen LogP contribution in [-0.4, -0.2) is 24.6 Å². The lowest BCUT2D eigenvalue weighted by Gasteiger charge is -2.32. The van der Waals surface area contributed by atoms with E-state index in [-0.39, 0.29) is 11.0 Å². The fraction of sp³-hybridized carbons (Fsp3) is 0.462. The average molecular weight is 268 g/mol. The molecular formula is C13H15BF2O3. The highest BCUT2D eigenvalue weighted by Crippen LogP contribution is 2.36. The summed E-state index contributed by atoms with van der Waals surface area (Å²) < 4.78 is 39.0. The van der Waals surface area contributed by atoms with Crippen LogP contribution in [0.15, 0.2) is 12.1 Å². The summed E-state index contributed by atoms with van der Waals surface area (Å²) in [5.41, 5.74) is -1.72. The minimum Gasteiger partial charge on any atom is -0.399 e. The Morgan fingerprint density at radius 1 is 1.05 bits per heavy atom. The summed E-state index contributed by atoms with van der Waals surface area (Å²) in [5, 5.41) is 0. The first-order chi connectivity index (χ1) is 8.68. The predicted molar refractivity (Wildman–Crippen MR) is 67.5 cm³/mol. The molecule has 2 rings (SSSR count). The minimum atomic E-state index is -1.12. The molecule has 1 aliphatic rings. The summed E-state index contributed by atoms with van der Waals surface area (Å²) in [5.74, 6) is -1.69. The number of carbonyl (C=O) groups is 1. The molecule has 0 aromatic heterocycles. The Morgan fingerprint density at radius 3 is 1.84 bits per heavy atom. The molecule has 0 saturated carbocycles. The second-order valence-corrected chi connectivity index (χ2v) is 5.60. The molecule has 1 fully saturated rings. The molecule has 0 N–H and O–H groups in total. The summed E-state index contributed by atoms with van der Waals surface area (Å²) in [6.45, 7) is 7.18. The normalized spacial score (nSPS) is 20.6. The molecule has 1 aromatic carbocycles. The zero-order chi connectivity index (χ0) is 14.4. The van der Waals surface area contributed by atoms with Crippen LogP contribution in [0.5, 0.6) is 0 Å². The number of aldehydes is 1. The van der Waals surface area contributed by atoms with E-state index in [0.29, 0.717) is 6.29 Å². The Morgan fingerprint density at radius 2 is 1.47 bits per heavy atom. The van der Waals surface area contributed by atoms with Gasteiger partial charge in [0.15, 0.2) is 0 Å². The van der Waals surface area contributed by atoms with E-state index >= 15 is 0 Å². The number of benzene rings is 1. The number of halogens is 2. The molecule has 102 valence electrons. The smallest absolute Gasteiger partial charge is 0.399 e. The van der Waals surface area contributed by atoms with E-state index in [0.717, 1.165) is 12.1 Å². The van der Waals surface area contributed by atoms with Crippen molar-refractivity contribution in [3.05, 3.63) is 29.3 Å². The van der Waals surface area contributed by atoms with Crippen LogP contribution in [0.1, 0.15) is 38.1 Å². The lowest BCUT2D eigenvalue weighted by atomic mass is 9.78. The van der Waals surface area contributed by atoms with Crippen molar-refractivity contribution in [1.82, 2.24) is 0 Å². The van der Waals surface area contributed by atoms with Crippen LogP contribution in [0.4, 0.5) is 8.78 Å². The highest BCUT2D eigenvalue weighted by atomic mass is 19.1. The quantitative estimate of drug-likeness (QED) is 0.608. The fourth-order valence-electron chi connectivity index (χ4n) is 1.86. The molecule has 3 nitrogen and oxygen atoms in total. The van der Waals surface area contributed by atoms with Crippen molar-refractivity contribution < 1.29 is 22.9 Å². The maximum Gasteiger partial charge on any atom is 0.500 e. The van der Waals surface area contributed by atoms with E-state index in [4.69, 9.17) is 9.31 Å². The first-order valence-corrected chi connectivity index (χ1v) is 5.98. The standard InChI is InChI=1S/C13H15BF2O3/c1-12(2)13(3,4)19-14(18-12)11-9(15)5-8(7-17)6-10(11)16/h5-7H,1-4H3. The van der Waals surface area contributed by atoms with Crippen molar-refractivity contribution in [2.45, 2.75) is 38.9 Å². The van der Waals surface area contributed by atoms with Crippen molar-refractivity contribution >= 4 is 18.9 Å². The van der Waals surface area contributed by atoms with Crippen molar-refractivity contribution in [1.29, 1.82) is 0 Å². The molecule has 0 amide bonds.